The Kier molecular flexibility index (Phi) is 6.01. The molecule has 1 fully saturated rings. The summed E-state index contributed by atoms with van der Waals surface area (Å²) in [6.07, 6.45) is 1.84. The molecular weight excluding hydrogens is 401 g/mol. The minimum atomic E-state index is -0.444. The van der Waals surface area contributed by atoms with Crippen LogP contribution in [0.15, 0.2) is 36.5 Å². The molecule has 10 heteroatoms. The fourth-order valence-electron chi connectivity index (χ4n) is 3.47. The molecule has 0 spiro atoms. The number of halogens is 1. The number of likely N-dealkylation sites (N-methyl/N-ethyl adjacent to an activating group) is 1. The highest BCUT2D eigenvalue weighted by Crippen LogP contribution is 2.30. The molecule has 0 unspecified atom stereocenters. The number of carbonyl (C=O) groups excluding carboxylic acids is 1. The number of pyridine rings is 1. The van der Waals surface area contributed by atoms with Crippen LogP contribution in [-0.2, 0) is 11.3 Å². The Morgan fingerprint density at radius 2 is 2.10 bits per heavy atom. The minimum Gasteiger partial charge on any atom is -0.396 e. The summed E-state index contributed by atoms with van der Waals surface area (Å²) in [6, 6.07) is 8.17. The maximum atomic E-state index is 14.8. The number of benzene rings is 1. The Balaban J connectivity index is 1.50. The summed E-state index contributed by atoms with van der Waals surface area (Å²) in [7, 11) is 3.94. The molecule has 1 aliphatic rings. The van der Waals surface area contributed by atoms with Crippen molar-refractivity contribution in [3.05, 3.63) is 42.3 Å². The summed E-state index contributed by atoms with van der Waals surface area (Å²) < 4.78 is 14.8. The third kappa shape index (κ3) is 4.59. The van der Waals surface area contributed by atoms with Crippen LogP contribution < -0.4 is 4.90 Å². The standard InChI is InChI=1S/C21H24FN7O2/c1-27(2)7-8-29-25-21(24-26-29)19-6-3-15(11-23-19)17-5-4-16(10-18(17)22)28-12-14(13-30)9-20(28)31/h3-6,10-11,14,30H,7-9,12-13H2,1-2H3/t14-/m1/s1. The molecule has 1 N–H and O–H groups in total. The number of aliphatic hydroxyl groups is 1. The molecule has 3 aromatic rings. The Hall–Kier alpha value is -3.24. The minimum absolute atomic E-state index is 0.0565. The van der Waals surface area contributed by atoms with Gasteiger partial charge in [0.05, 0.1) is 6.54 Å². The van der Waals surface area contributed by atoms with Crippen LogP contribution in [0.3, 0.4) is 0 Å². The van der Waals surface area contributed by atoms with Gasteiger partial charge in [-0.25, -0.2) is 4.39 Å². The van der Waals surface area contributed by atoms with Crippen LogP contribution in [-0.4, -0.2) is 74.9 Å². The quantitative estimate of drug-likeness (QED) is 0.611. The van der Waals surface area contributed by atoms with Crippen molar-refractivity contribution in [2.75, 3.05) is 38.7 Å². The topological polar surface area (TPSA) is 100 Å². The number of amides is 1. The lowest BCUT2D eigenvalue weighted by atomic mass is 10.1. The summed E-state index contributed by atoms with van der Waals surface area (Å²) in [5.74, 6) is -0.253. The molecule has 0 bridgehead atoms. The highest BCUT2D eigenvalue weighted by Gasteiger charge is 2.30. The van der Waals surface area contributed by atoms with Crippen molar-refractivity contribution in [3.63, 3.8) is 0 Å². The van der Waals surface area contributed by atoms with Crippen LogP contribution in [0.5, 0.6) is 0 Å². The molecule has 4 rings (SSSR count). The van der Waals surface area contributed by atoms with Gasteiger partial charge in [-0.15, -0.1) is 10.2 Å². The van der Waals surface area contributed by atoms with Gasteiger partial charge in [-0.3, -0.25) is 9.78 Å². The van der Waals surface area contributed by atoms with Crippen molar-refractivity contribution in [3.8, 4) is 22.6 Å². The van der Waals surface area contributed by atoms with E-state index in [4.69, 9.17) is 0 Å². The van der Waals surface area contributed by atoms with E-state index in [9.17, 15) is 14.3 Å². The van der Waals surface area contributed by atoms with E-state index < -0.39 is 5.82 Å². The third-order valence-corrected chi connectivity index (χ3v) is 5.23. The summed E-state index contributed by atoms with van der Waals surface area (Å²) in [6.45, 7) is 1.75. The Morgan fingerprint density at radius 3 is 2.74 bits per heavy atom. The first-order valence-corrected chi connectivity index (χ1v) is 10.0. The van der Waals surface area contributed by atoms with Gasteiger partial charge in [0.15, 0.2) is 0 Å². The van der Waals surface area contributed by atoms with Crippen LogP contribution in [0.2, 0.25) is 0 Å². The van der Waals surface area contributed by atoms with Gasteiger partial charge in [0.1, 0.15) is 11.5 Å². The van der Waals surface area contributed by atoms with Crippen LogP contribution >= 0.6 is 0 Å². The molecule has 0 saturated carbocycles. The lowest BCUT2D eigenvalue weighted by Gasteiger charge is -2.17. The van der Waals surface area contributed by atoms with E-state index in [0.717, 1.165) is 6.54 Å². The Bertz CT molecular complexity index is 1070. The highest BCUT2D eigenvalue weighted by molar-refractivity contribution is 5.96. The van der Waals surface area contributed by atoms with E-state index in [1.807, 2.05) is 19.0 Å². The fraction of sp³-hybridized carbons (Fsp3) is 0.381. The molecule has 1 atom stereocenters. The van der Waals surface area contributed by atoms with Gasteiger partial charge in [0.2, 0.25) is 11.7 Å². The predicted molar refractivity (Wildman–Crippen MR) is 113 cm³/mol. The van der Waals surface area contributed by atoms with E-state index in [2.05, 4.69) is 20.4 Å². The zero-order valence-electron chi connectivity index (χ0n) is 17.4. The van der Waals surface area contributed by atoms with Gasteiger partial charge in [0, 0.05) is 55.0 Å². The number of rotatable bonds is 7. The molecular formula is C21H24FN7O2. The molecule has 1 aromatic carbocycles. The summed E-state index contributed by atoms with van der Waals surface area (Å²) in [5.41, 5.74) is 2.03. The smallest absolute Gasteiger partial charge is 0.227 e. The zero-order valence-corrected chi connectivity index (χ0v) is 17.4. The van der Waals surface area contributed by atoms with Gasteiger partial charge >= 0.3 is 0 Å². The van der Waals surface area contributed by atoms with Crippen molar-refractivity contribution in [2.45, 2.75) is 13.0 Å². The van der Waals surface area contributed by atoms with Crippen LogP contribution in [0.4, 0.5) is 10.1 Å². The first kappa shape index (κ1) is 21.0. The molecule has 1 saturated heterocycles. The molecule has 31 heavy (non-hydrogen) atoms. The van der Waals surface area contributed by atoms with E-state index in [0.29, 0.717) is 41.4 Å². The average molecular weight is 425 g/mol. The molecule has 1 aliphatic heterocycles. The van der Waals surface area contributed by atoms with Crippen molar-refractivity contribution < 1.29 is 14.3 Å². The lowest BCUT2D eigenvalue weighted by molar-refractivity contribution is -0.117. The third-order valence-electron chi connectivity index (χ3n) is 5.23. The molecule has 0 radical (unpaired) electrons. The van der Waals surface area contributed by atoms with E-state index in [1.54, 1.807) is 30.5 Å². The normalized spacial score (nSPS) is 16.5. The van der Waals surface area contributed by atoms with Gasteiger partial charge in [-0.1, -0.05) is 6.07 Å². The van der Waals surface area contributed by atoms with E-state index in [-0.39, 0.29) is 24.9 Å². The number of hydrogen-bond acceptors (Lipinski definition) is 7. The van der Waals surface area contributed by atoms with Crippen molar-refractivity contribution in [2.24, 2.45) is 5.92 Å². The van der Waals surface area contributed by atoms with E-state index >= 15 is 0 Å². The van der Waals surface area contributed by atoms with Crippen LogP contribution in [0, 0.1) is 11.7 Å². The van der Waals surface area contributed by atoms with Gasteiger partial charge < -0.3 is 14.9 Å². The number of aromatic nitrogens is 5. The Morgan fingerprint density at radius 1 is 1.26 bits per heavy atom. The molecule has 9 nitrogen and oxygen atoms in total. The average Bonchev–Trinajstić information content (AvgIpc) is 3.39. The lowest BCUT2D eigenvalue weighted by Crippen LogP contribution is -2.25. The Labute approximate surface area is 179 Å². The summed E-state index contributed by atoms with van der Waals surface area (Å²) >= 11 is 0. The number of carbonyl (C=O) groups is 1. The number of anilines is 1. The SMILES string of the molecule is CN(C)CCn1nnc(-c2ccc(-c3ccc(N4C[C@H](CO)CC4=O)cc3F)cn2)n1. The molecule has 3 heterocycles. The first-order chi connectivity index (χ1) is 14.9. The van der Waals surface area contributed by atoms with Crippen LogP contribution in [0.1, 0.15) is 6.42 Å². The second-order valence-corrected chi connectivity index (χ2v) is 7.87. The molecule has 2 aromatic heterocycles. The van der Waals surface area contributed by atoms with Crippen molar-refractivity contribution in [1.29, 1.82) is 0 Å². The summed E-state index contributed by atoms with van der Waals surface area (Å²) in [4.78, 5) is 21.5. The molecule has 1 amide bonds. The number of hydrogen-bond donors (Lipinski definition) is 1. The monoisotopic (exact) mass is 425 g/mol. The van der Waals surface area contributed by atoms with Crippen molar-refractivity contribution in [1.82, 2.24) is 30.1 Å². The van der Waals surface area contributed by atoms with Gasteiger partial charge in [-0.05, 0) is 43.6 Å². The number of aliphatic hydroxyl groups excluding tert-OH is 1. The predicted octanol–water partition coefficient (Wildman–Crippen LogP) is 1.45. The van der Waals surface area contributed by atoms with Gasteiger partial charge in [-0.2, -0.15) is 4.80 Å². The maximum absolute atomic E-state index is 14.8. The second kappa shape index (κ2) is 8.86. The number of tetrazole rings is 1. The fourth-order valence-corrected chi connectivity index (χ4v) is 3.47. The molecule has 0 aliphatic carbocycles. The van der Waals surface area contributed by atoms with Crippen LogP contribution in [0.25, 0.3) is 22.6 Å². The second-order valence-electron chi connectivity index (χ2n) is 7.87. The largest absolute Gasteiger partial charge is 0.396 e. The maximum Gasteiger partial charge on any atom is 0.227 e. The summed E-state index contributed by atoms with van der Waals surface area (Å²) in [5, 5.41) is 21.7. The first-order valence-electron chi connectivity index (χ1n) is 10.0. The molecule has 162 valence electrons. The van der Waals surface area contributed by atoms with Gasteiger partial charge in [0.25, 0.3) is 0 Å². The van der Waals surface area contributed by atoms with E-state index in [1.165, 1.54) is 15.8 Å². The number of nitrogens with zero attached hydrogens (tertiary/aromatic N) is 7. The van der Waals surface area contributed by atoms with Crippen molar-refractivity contribution >= 4 is 11.6 Å². The zero-order chi connectivity index (χ0) is 22.0. The highest BCUT2D eigenvalue weighted by atomic mass is 19.1.